The number of nitro benzene ring substituents is 1. The van der Waals surface area contributed by atoms with Gasteiger partial charge in [-0.25, -0.2) is 8.78 Å². The molecule has 11 nitrogen and oxygen atoms in total. The number of ketones is 1. The van der Waals surface area contributed by atoms with E-state index in [-0.39, 0.29) is 34.3 Å². The Kier molecular flexibility index (Phi) is 10.6. The van der Waals surface area contributed by atoms with Crippen LogP contribution in [0.4, 0.5) is 28.9 Å². The number of ether oxygens (including phenoxy) is 1. The topological polar surface area (TPSA) is 141 Å². The molecule has 0 saturated carbocycles. The normalized spacial score (nSPS) is 12.3. The molecule has 0 bridgehead atoms. The van der Waals surface area contributed by atoms with Gasteiger partial charge in [-0.15, -0.1) is 0 Å². The van der Waals surface area contributed by atoms with Gasteiger partial charge in [-0.1, -0.05) is 24.6 Å². The molecule has 1 aromatic heterocycles. The SMILES string of the molecule is CC[C@@H](C(=O)NC(CC(=O)N(C)c1ccc([N+](=O)[O-])cc1)C(=O)COc1c(F)c(F)cc(F)c1F)n1ccc2ccc(Cl)cc2c1=O. The summed E-state index contributed by atoms with van der Waals surface area (Å²) in [6, 6.07) is 8.00. The Morgan fingerprint density at radius 1 is 1.02 bits per heavy atom. The third-order valence-electron chi connectivity index (χ3n) is 7.26. The number of Topliss-reactive ketones (excluding diaryl/α,β-unsaturated/α-hetero) is 1. The summed E-state index contributed by atoms with van der Waals surface area (Å²) in [6.45, 7) is 0.345. The number of carbonyl (C=O) groups excluding carboxylic acids is 3. The van der Waals surface area contributed by atoms with Crippen molar-refractivity contribution in [3.8, 4) is 5.75 Å². The number of nitrogens with zero attached hydrogens (tertiary/aromatic N) is 3. The number of non-ortho nitro benzene ring substituents is 1. The Morgan fingerprint density at radius 3 is 2.26 bits per heavy atom. The molecule has 2 atom stereocenters. The fourth-order valence-corrected chi connectivity index (χ4v) is 4.84. The highest BCUT2D eigenvalue weighted by molar-refractivity contribution is 6.31. The standard InChI is InChI=1S/C31H25ClF4N4O7/c1-3-24(39-11-10-16-4-5-17(32)12-20(16)31(39)44)30(43)37-23(14-26(42)38(2)18-6-8-19(9-7-18)40(45)46)25(41)15-47-29-27(35)21(33)13-22(34)28(29)36/h4-13,23-24H,3,14-15H2,1-2H3,(H,37,43)/t23?,24-/m0/s1. The molecule has 3 aromatic carbocycles. The minimum Gasteiger partial charge on any atom is -0.479 e. The van der Waals surface area contributed by atoms with Gasteiger partial charge in [0.25, 0.3) is 11.2 Å². The molecule has 1 unspecified atom stereocenters. The van der Waals surface area contributed by atoms with Crippen LogP contribution in [0.5, 0.6) is 5.75 Å². The highest BCUT2D eigenvalue weighted by Gasteiger charge is 2.31. The lowest BCUT2D eigenvalue weighted by atomic mass is 10.1. The van der Waals surface area contributed by atoms with Crippen molar-refractivity contribution in [2.75, 3.05) is 18.6 Å². The maximum absolute atomic E-state index is 14.2. The number of nitrogens with one attached hydrogen (secondary N) is 1. The molecule has 4 rings (SSSR count). The summed E-state index contributed by atoms with van der Waals surface area (Å²) < 4.78 is 61.6. The number of rotatable bonds is 12. The number of halogens is 5. The minimum atomic E-state index is -1.91. The van der Waals surface area contributed by atoms with Gasteiger partial charge in [-0.2, -0.15) is 8.78 Å². The molecule has 47 heavy (non-hydrogen) atoms. The second-order valence-corrected chi connectivity index (χ2v) is 10.7. The molecule has 0 fully saturated rings. The van der Waals surface area contributed by atoms with Crippen molar-refractivity contribution in [3.05, 3.63) is 110 Å². The quantitative estimate of drug-likeness (QED) is 0.0935. The van der Waals surface area contributed by atoms with Gasteiger partial charge in [-0.3, -0.25) is 29.3 Å². The van der Waals surface area contributed by atoms with Crippen LogP contribution < -0.4 is 20.5 Å². The number of fused-ring (bicyclic) bond motifs is 1. The number of hydrogen-bond donors (Lipinski definition) is 1. The zero-order valence-corrected chi connectivity index (χ0v) is 25.4. The number of anilines is 1. The second-order valence-electron chi connectivity index (χ2n) is 10.2. The van der Waals surface area contributed by atoms with E-state index in [0.717, 1.165) is 21.6 Å². The number of pyridine rings is 1. The summed E-state index contributed by atoms with van der Waals surface area (Å²) in [5.74, 6) is -11.7. The lowest BCUT2D eigenvalue weighted by molar-refractivity contribution is -0.384. The van der Waals surface area contributed by atoms with E-state index >= 15 is 0 Å². The van der Waals surface area contributed by atoms with Gasteiger partial charge in [-0.05, 0) is 42.1 Å². The van der Waals surface area contributed by atoms with Crippen LogP contribution in [0.2, 0.25) is 5.02 Å². The molecule has 0 saturated heterocycles. The predicted molar refractivity (Wildman–Crippen MR) is 162 cm³/mol. The summed E-state index contributed by atoms with van der Waals surface area (Å²) in [5.41, 5.74) is -0.648. The van der Waals surface area contributed by atoms with Crippen LogP contribution in [0, 0.1) is 33.4 Å². The van der Waals surface area contributed by atoms with Gasteiger partial charge in [0.15, 0.2) is 23.2 Å². The van der Waals surface area contributed by atoms with Crippen molar-refractivity contribution in [2.45, 2.75) is 31.8 Å². The first-order valence-electron chi connectivity index (χ1n) is 13.8. The molecule has 0 spiro atoms. The minimum absolute atomic E-state index is 0.0326. The molecule has 0 radical (unpaired) electrons. The molecule has 4 aromatic rings. The third kappa shape index (κ3) is 7.57. The smallest absolute Gasteiger partial charge is 0.269 e. The first-order valence-corrected chi connectivity index (χ1v) is 14.2. The van der Waals surface area contributed by atoms with Crippen LogP contribution in [-0.4, -0.2) is 46.8 Å². The molecule has 0 aliphatic rings. The Labute approximate surface area is 268 Å². The molecular weight excluding hydrogens is 652 g/mol. The van der Waals surface area contributed by atoms with Gasteiger partial charge in [0, 0.05) is 47.5 Å². The number of amides is 2. The fraction of sp³-hybridized carbons (Fsp3) is 0.226. The molecule has 2 amide bonds. The van der Waals surface area contributed by atoms with Gasteiger partial charge in [0.1, 0.15) is 12.6 Å². The van der Waals surface area contributed by atoms with Crippen molar-refractivity contribution >= 4 is 51.3 Å². The average molecular weight is 677 g/mol. The molecular formula is C31H25ClF4N4O7. The first kappa shape index (κ1) is 34.6. The van der Waals surface area contributed by atoms with Gasteiger partial charge in [0.2, 0.25) is 23.4 Å². The number of hydrogen-bond acceptors (Lipinski definition) is 7. The van der Waals surface area contributed by atoms with E-state index < -0.39 is 82.2 Å². The van der Waals surface area contributed by atoms with E-state index in [4.69, 9.17) is 16.3 Å². The van der Waals surface area contributed by atoms with Crippen molar-refractivity contribution in [2.24, 2.45) is 0 Å². The predicted octanol–water partition coefficient (Wildman–Crippen LogP) is 5.26. The Hall–Kier alpha value is -5.31. The summed E-state index contributed by atoms with van der Waals surface area (Å²) >= 11 is 6.04. The van der Waals surface area contributed by atoms with Gasteiger partial charge >= 0.3 is 0 Å². The Balaban J connectivity index is 1.63. The van der Waals surface area contributed by atoms with Crippen LogP contribution in [-0.2, 0) is 14.4 Å². The summed E-state index contributed by atoms with van der Waals surface area (Å²) in [6.07, 6.45) is 0.636. The molecule has 1 heterocycles. The average Bonchev–Trinajstić information content (AvgIpc) is 3.04. The van der Waals surface area contributed by atoms with E-state index in [1.165, 1.54) is 31.4 Å². The van der Waals surface area contributed by atoms with E-state index in [0.29, 0.717) is 5.39 Å². The maximum atomic E-state index is 14.2. The van der Waals surface area contributed by atoms with Crippen LogP contribution in [0.15, 0.2) is 65.6 Å². The number of benzene rings is 3. The van der Waals surface area contributed by atoms with Crippen molar-refractivity contribution in [3.63, 3.8) is 0 Å². The molecule has 0 aliphatic carbocycles. The van der Waals surface area contributed by atoms with Crippen LogP contribution >= 0.6 is 11.6 Å². The largest absolute Gasteiger partial charge is 0.479 e. The summed E-state index contributed by atoms with van der Waals surface area (Å²) in [4.78, 5) is 64.7. The van der Waals surface area contributed by atoms with Crippen molar-refractivity contribution in [1.82, 2.24) is 9.88 Å². The molecule has 246 valence electrons. The highest BCUT2D eigenvalue weighted by Crippen LogP contribution is 2.27. The number of carbonyl (C=O) groups is 3. The monoisotopic (exact) mass is 676 g/mol. The molecule has 16 heteroatoms. The fourth-order valence-electron chi connectivity index (χ4n) is 4.67. The Bertz CT molecular complexity index is 1910. The van der Waals surface area contributed by atoms with Crippen molar-refractivity contribution < 1.29 is 41.6 Å². The van der Waals surface area contributed by atoms with Crippen LogP contribution in [0.1, 0.15) is 25.8 Å². The van der Waals surface area contributed by atoms with Crippen LogP contribution in [0.25, 0.3) is 10.8 Å². The van der Waals surface area contributed by atoms with Crippen LogP contribution in [0.3, 0.4) is 0 Å². The van der Waals surface area contributed by atoms with Gasteiger partial charge < -0.3 is 19.5 Å². The van der Waals surface area contributed by atoms with Crippen molar-refractivity contribution in [1.29, 1.82) is 0 Å². The molecule has 1 N–H and O–H groups in total. The number of nitro groups is 1. The van der Waals surface area contributed by atoms with Gasteiger partial charge in [0.05, 0.1) is 17.4 Å². The lowest BCUT2D eigenvalue weighted by Crippen LogP contribution is -2.49. The summed E-state index contributed by atoms with van der Waals surface area (Å²) in [7, 11) is 1.29. The van der Waals surface area contributed by atoms with E-state index in [9.17, 15) is 46.9 Å². The highest BCUT2D eigenvalue weighted by atomic mass is 35.5. The second kappa shape index (κ2) is 14.4. The van der Waals surface area contributed by atoms with E-state index in [1.54, 1.807) is 25.1 Å². The first-order chi connectivity index (χ1) is 22.2. The third-order valence-corrected chi connectivity index (χ3v) is 7.49. The lowest BCUT2D eigenvalue weighted by Gasteiger charge is -2.25. The zero-order chi connectivity index (χ0) is 34.6. The van der Waals surface area contributed by atoms with E-state index in [2.05, 4.69) is 5.32 Å². The number of aromatic nitrogens is 1. The maximum Gasteiger partial charge on any atom is 0.269 e. The summed E-state index contributed by atoms with van der Waals surface area (Å²) in [5, 5.41) is 14.4. The Morgan fingerprint density at radius 2 is 1.66 bits per heavy atom. The zero-order valence-electron chi connectivity index (χ0n) is 24.6. The molecule has 0 aliphatic heterocycles. The van der Waals surface area contributed by atoms with E-state index in [1.807, 2.05) is 0 Å².